The van der Waals surface area contributed by atoms with Crippen molar-refractivity contribution in [1.82, 2.24) is 10.4 Å². The molecule has 27 heavy (non-hydrogen) atoms. The number of nitrogens with zero attached hydrogens (tertiary/aromatic N) is 2. The van der Waals surface area contributed by atoms with E-state index in [-0.39, 0.29) is 31.8 Å². The zero-order valence-electron chi connectivity index (χ0n) is 13.5. The van der Waals surface area contributed by atoms with Gasteiger partial charge in [-0.3, -0.25) is 25.1 Å². The van der Waals surface area contributed by atoms with E-state index in [4.69, 9.17) is 12.2 Å². The molecule has 10 heteroatoms. The maximum absolute atomic E-state index is 12.5. The van der Waals surface area contributed by atoms with E-state index in [0.29, 0.717) is 0 Å². The summed E-state index contributed by atoms with van der Waals surface area (Å²) in [5, 5.41) is 21.3. The number of phenols is 1. The van der Waals surface area contributed by atoms with Gasteiger partial charge in [-0.25, -0.2) is 0 Å². The molecular weight excluding hydrogens is 390 g/mol. The standard InChI is InChI=1S/C17H11N3O5S2/c21-12-7-5-10(6-8-12)15(22)18-19-16(23)14(27-17(19)26)9-11-3-1-2-4-13(11)20(24)25/h1-9,21H,(H,18,22)/b14-9-. The molecule has 8 nitrogen and oxygen atoms in total. The molecule has 0 atom stereocenters. The Labute approximate surface area is 162 Å². The minimum Gasteiger partial charge on any atom is -0.508 e. The van der Waals surface area contributed by atoms with Crippen molar-refractivity contribution in [3.8, 4) is 5.75 Å². The lowest BCUT2D eigenvalue weighted by atomic mass is 10.1. The van der Waals surface area contributed by atoms with Crippen molar-refractivity contribution in [2.45, 2.75) is 0 Å². The number of thiocarbonyl (C=S) groups is 1. The van der Waals surface area contributed by atoms with Gasteiger partial charge in [0.2, 0.25) is 0 Å². The fourth-order valence-electron chi connectivity index (χ4n) is 2.26. The molecule has 1 aliphatic heterocycles. The first-order valence-corrected chi connectivity index (χ1v) is 8.70. The Morgan fingerprint density at radius 2 is 1.89 bits per heavy atom. The van der Waals surface area contributed by atoms with Gasteiger partial charge in [0.1, 0.15) is 5.75 Å². The SMILES string of the molecule is O=C(NN1C(=O)/C(=C/c2ccccc2[N+](=O)[O-])SC1=S)c1ccc(O)cc1. The first-order chi connectivity index (χ1) is 12.9. The zero-order chi connectivity index (χ0) is 19.6. The summed E-state index contributed by atoms with van der Waals surface area (Å²) in [4.78, 5) is 35.5. The number of aromatic hydroxyl groups is 1. The molecular formula is C17H11N3O5S2. The highest BCUT2D eigenvalue weighted by Crippen LogP contribution is 2.33. The number of thioether (sulfide) groups is 1. The number of para-hydroxylation sites is 1. The Morgan fingerprint density at radius 3 is 2.56 bits per heavy atom. The average molecular weight is 401 g/mol. The Morgan fingerprint density at radius 1 is 1.22 bits per heavy atom. The van der Waals surface area contributed by atoms with E-state index in [1.165, 1.54) is 48.5 Å². The quantitative estimate of drug-likeness (QED) is 0.350. The number of hydrazine groups is 1. The van der Waals surface area contributed by atoms with Crippen LogP contribution in [0.15, 0.2) is 53.4 Å². The summed E-state index contributed by atoms with van der Waals surface area (Å²) in [5.41, 5.74) is 2.73. The Bertz CT molecular complexity index is 988. The van der Waals surface area contributed by atoms with Crippen LogP contribution >= 0.6 is 24.0 Å². The minimum absolute atomic E-state index is 0.00421. The monoisotopic (exact) mass is 401 g/mol. The molecule has 0 spiro atoms. The van der Waals surface area contributed by atoms with E-state index in [0.717, 1.165) is 16.8 Å². The first kappa shape index (κ1) is 18.5. The normalized spacial score (nSPS) is 15.3. The second kappa shape index (κ2) is 7.56. The highest BCUT2D eigenvalue weighted by molar-refractivity contribution is 8.26. The van der Waals surface area contributed by atoms with Gasteiger partial charge in [-0.2, -0.15) is 5.01 Å². The summed E-state index contributed by atoms with van der Waals surface area (Å²) in [6, 6.07) is 11.5. The summed E-state index contributed by atoms with van der Waals surface area (Å²) >= 11 is 6.05. The van der Waals surface area contributed by atoms with Gasteiger partial charge in [0, 0.05) is 11.6 Å². The van der Waals surface area contributed by atoms with Gasteiger partial charge in [-0.05, 0) is 48.6 Å². The van der Waals surface area contributed by atoms with Crippen LogP contribution < -0.4 is 5.43 Å². The van der Waals surface area contributed by atoms with E-state index in [2.05, 4.69) is 5.43 Å². The molecule has 0 unspecified atom stereocenters. The molecule has 0 aliphatic carbocycles. The van der Waals surface area contributed by atoms with Gasteiger partial charge >= 0.3 is 0 Å². The summed E-state index contributed by atoms with van der Waals surface area (Å²) in [7, 11) is 0. The topological polar surface area (TPSA) is 113 Å². The molecule has 2 amide bonds. The van der Waals surface area contributed by atoms with Gasteiger partial charge in [0.05, 0.1) is 15.4 Å². The van der Waals surface area contributed by atoms with Crippen LogP contribution in [-0.2, 0) is 4.79 Å². The molecule has 1 heterocycles. The number of hydrogen-bond acceptors (Lipinski definition) is 7. The smallest absolute Gasteiger partial charge is 0.285 e. The number of carbonyl (C=O) groups excluding carboxylic acids is 2. The van der Waals surface area contributed by atoms with E-state index < -0.39 is 16.7 Å². The van der Waals surface area contributed by atoms with Gasteiger partial charge in [0.25, 0.3) is 17.5 Å². The maximum atomic E-state index is 12.5. The lowest BCUT2D eigenvalue weighted by molar-refractivity contribution is -0.385. The Hall–Kier alpha value is -3.24. The second-order valence-electron chi connectivity index (χ2n) is 5.32. The van der Waals surface area contributed by atoms with Crippen LogP contribution in [0.2, 0.25) is 0 Å². The van der Waals surface area contributed by atoms with E-state index in [1.807, 2.05) is 0 Å². The third kappa shape index (κ3) is 3.96. The van der Waals surface area contributed by atoms with Crippen LogP contribution in [0.3, 0.4) is 0 Å². The maximum Gasteiger partial charge on any atom is 0.285 e. The fraction of sp³-hybridized carbons (Fsp3) is 0. The molecule has 1 saturated heterocycles. The summed E-state index contributed by atoms with van der Waals surface area (Å²) in [6.45, 7) is 0. The number of phenolic OH excluding ortho intramolecular Hbond substituents is 1. The summed E-state index contributed by atoms with van der Waals surface area (Å²) in [6.07, 6.45) is 1.37. The van der Waals surface area contributed by atoms with Crippen molar-refractivity contribution in [2.75, 3.05) is 0 Å². The Balaban J connectivity index is 1.82. The zero-order valence-corrected chi connectivity index (χ0v) is 15.1. The van der Waals surface area contributed by atoms with Crippen LogP contribution in [0, 0.1) is 10.1 Å². The number of rotatable bonds is 4. The molecule has 2 aromatic carbocycles. The van der Waals surface area contributed by atoms with Gasteiger partial charge in [0.15, 0.2) is 4.32 Å². The van der Waals surface area contributed by atoms with Crippen molar-refractivity contribution < 1.29 is 19.6 Å². The lowest BCUT2D eigenvalue weighted by Gasteiger charge is -2.15. The van der Waals surface area contributed by atoms with Crippen molar-refractivity contribution in [1.29, 1.82) is 0 Å². The largest absolute Gasteiger partial charge is 0.508 e. The fourth-order valence-corrected chi connectivity index (χ4v) is 3.43. The Kier molecular flexibility index (Phi) is 5.19. The number of hydrogen-bond donors (Lipinski definition) is 2. The number of carbonyl (C=O) groups is 2. The highest BCUT2D eigenvalue weighted by Gasteiger charge is 2.34. The molecule has 0 saturated carbocycles. The average Bonchev–Trinajstić information content (AvgIpc) is 2.90. The predicted octanol–water partition coefficient (Wildman–Crippen LogP) is 2.85. The van der Waals surface area contributed by atoms with E-state index in [1.54, 1.807) is 6.07 Å². The van der Waals surface area contributed by atoms with Crippen LogP contribution in [0.1, 0.15) is 15.9 Å². The molecule has 1 fully saturated rings. The van der Waals surface area contributed by atoms with Crippen molar-refractivity contribution >= 4 is 51.9 Å². The molecule has 0 radical (unpaired) electrons. The molecule has 1 aliphatic rings. The predicted molar refractivity (Wildman–Crippen MR) is 104 cm³/mol. The van der Waals surface area contributed by atoms with Crippen molar-refractivity contribution in [3.05, 3.63) is 74.7 Å². The third-order valence-corrected chi connectivity index (χ3v) is 4.86. The third-order valence-electron chi connectivity index (χ3n) is 3.56. The van der Waals surface area contributed by atoms with Gasteiger partial charge in [-0.15, -0.1) is 0 Å². The summed E-state index contributed by atoms with van der Waals surface area (Å²) < 4.78 is 0.0944. The molecule has 0 aromatic heterocycles. The van der Waals surface area contributed by atoms with Gasteiger partial charge < -0.3 is 5.11 Å². The number of amides is 2. The number of nitro benzene ring substituents is 1. The summed E-state index contributed by atoms with van der Waals surface area (Å²) in [5.74, 6) is -1.17. The molecule has 136 valence electrons. The number of benzene rings is 2. The lowest BCUT2D eigenvalue weighted by Crippen LogP contribution is -2.44. The number of nitro groups is 1. The molecule has 2 aromatic rings. The van der Waals surface area contributed by atoms with Crippen LogP contribution in [0.25, 0.3) is 6.08 Å². The van der Waals surface area contributed by atoms with Crippen molar-refractivity contribution in [3.63, 3.8) is 0 Å². The van der Waals surface area contributed by atoms with E-state index in [9.17, 15) is 24.8 Å². The van der Waals surface area contributed by atoms with Crippen molar-refractivity contribution in [2.24, 2.45) is 0 Å². The second-order valence-corrected chi connectivity index (χ2v) is 7.00. The van der Waals surface area contributed by atoms with Crippen LogP contribution in [0.4, 0.5) is 5.69 Å². The first-order valence-electron chi connectivity index (χ1n) is 7.48. The molecule has 2 N–H and O–H groups in total. The minimum atomic E-state index is -0.588. The van der Waals surface area contributed by atoms with Gasteiger partial charge in [-0.1, -0.05) is 23.9 Å². The highest BCUT2D eigenvalue weighted by atomic mass is 32.2. The van der Waals surface area contributed by atoms with E-state index >= 15 is 0 Å². The molecule has 0 bridgehead atoms. The van der Waals surface area contributed by atoms with Crippen LogP contribution in [-0.4, -0.2) is 31.2 Å². The molecule has 3 rings (SSSR count). The number of nitrogens with one attached hydrogen (secondary N) is 1. The van der Waals surface area contributed by atoms with Crippen LogP contribution in [0.5, 0.6) is 5.75 Å².